The van der Waals surface area contributed by atoms with Gasteiger partial charge in [0.25, 0.3) is 5.56 Å². The fraction of sp³-hybridized carbons (Fsp3) is 0.208. The number of fused-ring (bicyclic) bond motifs is 3. The largest absolute Gasteiger partial charge is 0.332 e. The first-order chi connectivity index (χ1) is 14.8. The molecule has 31 heavy (non-hydrogen) atoms. The Labute approximate surface area is 178 Å². The van der Waals surface area contributed by atoms with Gasteiger partial charge in [-0.3, -0.25) is 18.3 Å². The lowest BCUT2D eigenvalue weighted by Gasteiger charge is -2.10. The topological polar surface area (TPSA) is 66.2 Å². The monoisotopic (exact) mass is 413 g/mol. The van der Waals surface area contributed by atoms with Crippen LogP contribution in [-0.2, 0) is 20.6 Å². The molecule has 156 valence electrons. The highest BCUT2D eigenvalue weighted by molar-refractivity contribution is 5.78. The van der Waals surface area contributed by atoms with E-state index >= 15 is 0 Å². The molecule has 0 unspecified atom stereocenters. The van der Waals surface area contributed by atoms with Gasteiger partial charge in [0.2, 0.25) is 5.78 Å². The summed E-state index contributed by atoms with van der Waals surface area (Å²) in [7, 11) is 3.13. The van der Waals surface area contributed by atoms with Crippen molar-refractivity contribution in [3.8, 4) is 11.3 Å². The van der Waals surface area contributed by atoms with Gasteiger partial charge in [0.05, 0.1) is 12.2 Å². The molecule has 3 aromatic heterocycles. The molecule has 0 spiro atoms. The van der Waals surface area contributed by atoms with Crippen molar-refractivity contribution >= 4 is 16.9 Å². The van der Waals surface area contributed by atoms with E-state index < -0.39 is 0 Å². The first kappa shape index (κ1) is 19.1. The summed E-state index contributed by atoms with van der Waals surface area (Å²) in [5.74, 6) is 0.629. The molecule has 0 atom stereocenters. The molecule has 0 aliphatic carbocycles. The fourth-order valence-corrected chi connectivity index (χ4v) is 4.00. The Hall–Kier alpha value is -3.87. The maximum atomic E-state index is 13.0. The van der Waals surface area contributed by atoms with E-state index in [1.807, 2.05) is 6.20 Å². The van der Waals surface area contributed by atoms with E-state index in [0.29, 0.717) is 23.5 Å². The zero-order valence-corrected chi connectivity index (χ0v) is 18.0. The van der Waals surface area contributed by atoms with Crippen LogP contribution < -0.4 is 11.2 Å². The summed E-state index contributed by atoms with van der Waals surface area (Å²) in [5.41, 5.74) is 5.55. The fourth-order valence-electron chi connectivity index (χ4n) is 4.00. The van der Waals surface area contributed by atoms with Crippen LogP contribution in [0.25, 0.3) is 28.2 Å². The lowest BCUT2D eigenvalue weighted by molar-refractivity contribution is 0.707. The van der Waals surface area contributed by atoms with Gasteiger partial charge in [-0.1, -0.05) is 59.7 Å². The molecule has 0 radical (unpaired) electrons. The van der Waals surface area contributed by atoms with Crippen molar-refractivity contribution in [3.63, 3.8) is 0 Å². The van der Waals surface area contributed by atoms with Gasteiger partial charge in [0, 0.05) is 20.3 Å². The highest BCUT2D eigenvalue weighted by atomic mass is 16.2. The number of benzene rings is 2. The summed E-state index contributed by atoms with van der Waals surface area (Å²) in [4.78, 5) is 30.1. The third-order valence-corrected chi connectivity index (χ3v) is 5.87. The molecule has 0 saturated heterocycles. The molecular weight excluding hydrogens is 390 g/mol. The zero-order chi connectivity index (χ0) is 21.9. The molecule has 7 heteroatoms. The molecule has 0 amide bonds. The molecular formula is C24H23N5O2. The van der Waals surface area contributed by atoms with E-state index in [9.17, 15) is 9.59 Å². The lowest BCUT2D eigenvalue weighted by Crippen LogP contribution is -2.37. The quantitative estimate of drug-likeness (QED) is 0.457. The van der Waals surface area contributed by atoms with Crippen molar-refractivity contribution in [2.45, 2.75) is 20.4 Å². The van der Waals surface area contributed by atoms with Gasteiger partial charge < -0.3 is 4.57 Å². The summed E-state index contributed by atoms with van der Waals surface area (Å²) < 4.78 is 6.45. The predicted octanol–water partition coefficient (Wildman–Crippen LogP) is 3.02. The molecule has 2 aromatic carbocycles. The molecule has 3 heterocycles. The molecule has 0 saturated carbocycles. The minimum absolute atomic E-state index is 0.353. The highest BCUT2D eigenvalue weighted by Crippen LogP contribution is 2.26. The molecule has 7 nitrogen and oxygen atoms in total. The van der Waals surface area contributed by atoms with Crippen molar-refractivity contribution < 1.29 is 0 Å². The second kappa shape index (κ2) is 6.84. The summed E-state index contributed by atoms with van der Waals surface area (Å²) in [5, 5.41) is 0. The van der Waals surface area contributed by atoms with Crippen molar-refractivity contribution in [1.29, 1.82) is 0 Å². The standard InChI is InChI=1S/C24H23N5O2/c1-15-5-9-17(10-6-15)13-28-19(18-11-7-16(2)8-12-18)14-29-20-21(25-23(28)29)26(3)24(31)27(4)22(20)30/h5-12,14H,13H2,1-4H3. The number of nitrogens with zero attached hydrogens (tertiary/aromatic N) is 5. The number of aromatic nitrogens is 5. The average molecular weight is 413 g/mol. The van der Waals surface area contributed by atoms with Gasteiger partial charge in [-0.2, -0.15) is 4.98 Å². The van der Waals surface area contributed by atoms with Crippen LogP contribution in [0.15, 0.2) is 64.3 Å². The molecule has 0 fully saturated rings. The Kier molecular flexibility index (Phi) is 4.22. The molecule has 0 N–H and O–H groups in total. The van der Waals surface area contributed by atoms with Crippen molar-refractivity contribution in [2.75, 3.05) is 0 Å². The summed E-state index contributed by atoms with van der Waals surface area (Å²) in [6.07, 6.45) is 1.94. The summed E-state index contributed by atoms with van der Waals surface area (Å²) in [6.45, 7) is 4.71. The number of rotatable bonds is 3. The predicted molar refractivity (Wildman–Crippen MR) is 122 cm³/mol. The van der Waals surface area contributed by atoms with Crippen LogP contribution in [-0.4, -0.2) is 23.1 Å². The molecule has 5 rings (SSSR count). The van der Waals surface area contributed by atoms with Gasteiger partial charge >= 0.3 is 5.69 Å². The molecule has 0 bridgehead atoms. The number of aryl methyl sites for hydroxylation is 3. The lowest BCUT2D eigenvalue weighted by atomic mass is 10.1. The molecule has 5 aromatic rings. The van der Waals surface area contributed by atoms with Gasteiger partial charge in [-0.15, -0.1) is 0 Å². The van der Waals surface area contributed by atoms with Gasteiger partial charge in [0.15, 0.2) is 11.2 Å². The van der Waals surface area contributed by atoms with Gasteiger partial charge in [-0.05, 0) is 25.0 Å². The second-order valence-electron chi connectivity index (χ2n) is 8.11. The van der Waals surface area contributed by atoms with E-state index in [-0.39, 0.29) is 11.2 Å². The highest BCUT2D eigenvalue weighted by Gasteiger charge is 2.21. The third kappa shape index (κ3) is 2.92. The number of hydrogen-bond donors (Lipinski definition) is 0. The maximum absolute atomic E-state index is 13.0. The Balaban J connectivity index is 1.84. The smallest absolute Gasteiger partial charge is 0.305 e. The van der Waals surface area contributed by atoms with E-state index in [1.165, 1.54) is 22.7 Å². The van der Waals surface area contributed by atoms with Crippen LogP contribution in [0.1, 0.15) is 16.7 Å². The Bertz CT molecular complexity index is 1560. The van der Waals surface area contributed by atoms with E-state index in [4.69, 9.17) is 4.98 Å². The number of imidazole rings is 2. The normalized spacial score (nSPS) is 11.6. The van der Waals surface area contributed by atoms with Crippen LogP contribution in [0.2, 0.25) is 0 Å². The van der Waals surface area contributed by atoms with Crippen LogP contribution in [0.3, 0.4) is 0 Å². The first-order valence-electron chi connectivity index (χ1n) is 10.1. The zero-order valence-electron chi connectivity index (χ0n) is 18.0. The van der Waals surface area contributed by atoms with Gasteiger partial charge in [-0.25, -0.2) is 4.79 Å². The van der Waals surface area contributed by atoms with Crippen LogP contribution in [0.5, 0.6) is 0 Å². The second-order valence-corrected chi connectivity index (χ2v) is 8.11. The summed E-state index contributed by atoms with van der Waals surface area (Å²) in [6, 6.07) is 16.7. The Morgan fingerprint density at radius 3 is 2.10 bits per heavy atom. The summed E-state index contributed by atoms with van der Waals surface area (Å²) >= 11 is 0. The molecule has 0 aliphatic heterocycles. The van der Waals surface area contributed by atoms with E-state index in [0.717, 1.165) is 21.4 Å². The van der Waals surface area contributed by atoms with Crippen LogP contribution in [0, 0.1) is 13.8 Å². The third-order valence-electron chi connectivity index (χ3n) is 5.87. The van der Waals surface area contributed by atoms with Crippen molar-refractivity contribution in [1.82, 2.24) is 23.1 Å². The van der Waals surface area contributed by atoms with Crippen LogP contribution in [0.4, 0.5) is 0 Å². The maximum Gasteiger partial charge on any atom is 0.332 e. The van der Waals surface area contributed by atoms with Crippen molar-refractivity contribution in [2.24, 2.45) is 14.1 Å². The SMILES string of the molecule is Cc1ccc(Cn2c(-c3ccc(C)cc3)cn3c4c(=O)n(C)c(=O)n(C)c4nc23)cc1. The minimum atomic E-state index is -0.387. The minimum Gasteiger partial charge on any atom is -0.305 e. The van der Waals surface area contributed by atoms with Crippen molar-refractivity contribution in [3.05, 3.63) is 92.3 Å². The van der Waals surface area contributed by atoms with Gasteiger partial charge in [0.1, 0.15) is 0 Å². The van der Waals surface area contributed by atoms with Crippen LogP contribution >= 0.6 is 0 Å². The molecule has 0 aliphatic rings. The van der Waals surface area contributed by atoms with E-state index in [1.54, 1.807) is 11.4 Å². The Morgan fingerprint density at radius 1 is 0.839 bits per heavy atom. The number of hydrogen-bond acceptors (Lipinski definition) is 3. The average Bonchev–Trinajstić information content (AvgIpc) is 3.30. The van der Waals surface area contributed by atoms with E-state index in [2.05, 4.69) is 66.9 Å². The Morgan fingerprint density at radius 2 is 1.45 bits per heavy atom. The first-order valence-corrected chi connectivity index (χ1v) is 10.1.